The van der Waals surface area contributed by atoms with Crippen LogP contribution in [0.3, 0.4) is 0 Å². The lowest BCUT2D eigenvalue weighted by Gasteiger charge is -2.35. The van der Waals surface area contributed by atoms with Crippen molar-refractivity contribution in [1.29, 1.82) is 0 Å². The number of hydrogen-bond acceptors (Lipinski definition) is 3. The second kappa shape index (κ2) is 6.40. The van der Waals surface area contributed by atoms with Crippen molar-refractivity contribution in [3.05, 3.63) is 28.8 Å². The summed E-state index contributed by atoms with van der Waals surface area (Å²) in [4.78, 5) is 0. The van der Waals surface area contributed by atoms with Crippen molar-refractivity contribution in [3.63, 3.8) is 0 Å². The molecule has 1 rings (SSSR count). The third-order valence-electron chi connectivity index (χ3n) is 3.59. The summed E-state index contributed by atoms with van der Waals surface area (Å²) in [6, 6.07) is 4.43. The minimum atomic E-state index is -0.255. The molecule has 0 saturated heterocycles. The second-order valence-corrected chi connectivity index (χ2v) is 5.44. The van der Waals surface area contributed by atoms with Crippen LogP contribution >= 0.6 is 0 Å². The molecule has 0 fully saturated rings. The summed E-state index contributed by atoms with van der Waals surface area (Å²) in [6.07, 6.45) is 0. The van der Waals surface area contributed by atoms with E-state index in [0.29, 0.717) is 6.61 Å². The lowest BCUT2D eigenvalue weighted by Crippen LogP contribution is -2.40. The number of benzene rings is 1. The van der Waals surface area contributed by atoms with Crippen molar-refractivity contribution in [2.45, 2.75) is 46.3 Å². The Kier molecular flexibility index (Phi) is 5.39. The minimum absolute atomic E-state index is 0.150. The van der Waals surface area contributed by atoms with Crippen LogP contribution in [0.15, 0.2) is 12.1 Å². The predicted molar refractivity (Wildman–Crippen MR) is 80.0 cm³/mol. The Hall–Kier alpha value is -1.06. The van der Waals surface area contributed by atoms with Crippen molar-refractivity contribution >= 4 is 0 Å². The first kappa shape index (κ1) is 16.0. The van der Waals surface area contributed by atoms with Crippen molar-refractivity contribution < 1.29 is 9.47 Å². The van der Waals surface area contributed by atoms with Gasteiger partial charge in [-0.2, -0.15) is 0 Å². The lowest BCUT2D eigenvalue weighted by molar-refractivity contribution is -0.0376. The highest BCUT2D eigenvalue weighted by atomic mass is 16.5. The molecule has 1 unspecified atom stereocenters. The molecule has 0 aliphatic heterocycles. The van der Waals surface area contributed by atoms with Gasteiger partial charge in [-0.1, -0.05) is 6.07 Å². The molecule has 0 amide bonds. The standard InChI is InChI=1S/C16H27NO2/c1-8-19-16(4,5)15(17-6)13-9-12(3)14(18-7)10-11(13)2/h9-10,15,17H,8H2,1-7H3. The Labute approximate surface area is 117 Å². The van der Waals surface area contributed by atoms with Crippen molar-refractivity contribution in [1.82, 2.24) is 5.32 Å². The molecular formula is C16H27NO2. The number of likely N-dealkylation sites (N-methyl/N-ethyl adjacent to an activating group) is 1. The van der Waals surface area contributed by atoms with E-state index in [2.05, 4.69) is 45.1 Å². The van der Waals surface area contributed by atoms with Gasteiger partial charge in [-0.25, -0.2) is 0 Å². The van der Waals surface area contributed by atoms with Gasteiger partial charge in [0.15, 0.2) is 0 Å². The molecule has 1 N–H and O–H groups in total. The smallest absolute Gasteiger partial charge is 0.122 e. The fourth-order valence-corrected chi connectivity index (χ4v) is 2.68. The molecule has 0 aromatic heterocycles. The summed E-state index contributed by atoms with van der Waals surface area (Å²) in [5, 5.41) is 3.38. The molecule has 0 saturated carbocycles. The number of ether oxygens (including phenoxy) is 2. The van der Waals surface area contributed by atoms with E-state index in [4.69, 9.17) is 9.47 Å². The third kappa shape index (κ3) is 3.48. The van der Waals surface area contributed by atoms with E-state index in [1.807, 2.05) is 14.0 Å². The highest BCUT2D eigenvalue weighted by Crippen LogP contribution is 2.33. The lowest BCUT2D eigenvalue weighted by atomic mass is 9.88. The van der Waals surface area contributed by atoms with E-state index in [0.717, 1.165) is 11.3 Å². The molecule has 1 atom stereocenters. The quantitative estimate of drug-likeness (QED) is 0.855. The molecule has 19 heavy (non-hydrogen) atoms. The molecule has 0 aliphatic carbocycles. The van der Waals surface area contributed by atoms with E-state index in [1.54, 1.807) is 7.11 Å². The number of methoxy groups -OCH3 is 1. The molecule has 1 aromatic rings. The summed E-state index contributed by atoms with van der Waals surface area (Å²) in [6.45, 7) is 11.2. The van der Waals surface area contributed by atoms with Crippen LogP contribution < -0.4 is 10.1 Å². The molecule has 3 heteroatoms. The molecule has 0 aliphatic rings. The predicted octanol–water partition coefficient (Wildman–Crippen LogP) is 3.39. The number of nitrogens with one attached hydrogen (secondary N) is 1. The fraction of sp³-hybridized carbons (Fsp3) is 0.625. The molecular weight excluding hydrogens is 238 g/mol. The van der Waals surface area contributed by atoms with Crippen LogP contribution in [0.5, 0.6) is 5.75 Å². The Morgan fingerprint density at radius 1 is 1.21 bits per heavy atom. The van der Waals surface area contributed by atoms with Gasteiger partial charge in [0.25, 0.3) is 0 Å². The SMILES string of the molecule is CCOC(C)(C)C(NC)c1cc(C)c(OC)cc1C. The van der Waals surface area contributed by atoms with Gasteiger partial charge in [0, 0.05) is 6.61 Å². The summed E-state index contributed by atoms with van der Waals surface area (Å²) >= 11 is 0. The van der Waals surface area contributed by atoms with Gasteiger partial charge in [0.1, 0.15) is 5.75 Å². The average Bonchev–Trinajstić information content (AvgIpc) is 2.33. The maximum absolute atomic E-state index is 5.89. The molecule has 108 valence electrons. The van der Waals surface area contributed by atoms with Crippen LogP contribution in [0.1, 0.15) is 43.5 Å². The summed E-state index contributed by atoms with van der Waals surface area (Å²) in [7, 11) is 3.69. The van der Waals surface area contributed by atoms with E-state index in [1.165, 1.54) is 11.1 Å². The Morgan fingerprint density at radius 3 is 2.32 bits per heavy atom. The molecule has 0 heterocycles. The van der Waals surface area contributed by atoms with Gasteiger partial charge in [0.05, 0.1) is 18.8 Å². The highest BCUT2D eigenvalue weighted by molar-refractivity contribution is 5.43. The van der Waals surface area contributed by atoms with Crippen LogP contribution in [-0.2, 0) is 4.74 Å². The molecule has 0 bridgehead atoms. The first-order valence-electron chi connectivity index (χ1n) is 6.83. The molecule has 1 aromatic carbocycles. The Morgan fingerprint density at radius 2 is 1.84 bits per heavy atom. The Bertz CT molecular complexity index is 427. The van der Waals surface area contributed by atoms with Gasteiger partial charge in [-0.05, 0) is 64.4 Å². The number of hydrogen-bond donors (Lipinski definition) is 1. The molecule has 0 radical (unpaired) electrons. The van der Waals surface area contributed by atoms with Gasteiger partial charge >= 0.3 is 0 Å². The zero-order valence-corrected chi connectivity index (χ0v) is 13.3. The summed E-state index contributed by atoms with van der Waals surface area (Å²) in [5.41, 5.74) is 3.37. The summed E-state index contributed by atoms with van der Waals surface area (Å²) in [5.74, 6) is 0.935. The normalized spacial score (nSPS) is 13.4. The van der Waals surface area contributed by atoms with Gasteiger partial charge in [-0.15, -0.1) is 0 Å². The zero-order chi connectivity index (χ0) is 14.6. The van der Waals surface area contributed by atoms with Crippen LogP contribution in [0.25, 0.3) is 0 Å². The largest absolute Gasteiger partial charge is 0.496 e. The maximum Gasteiger partial charge on any atom is 0.122 e. The van der Waals surface area contributed by atoms with Crippen LogP contribution in [-0.4, -0.2) is 26.4 Å². The van der Waals surface area contributed by atoms with E-state index in [-0.39, 0.29) is 11.6 Å². The number of rotatable bonds is 6. The van der Waals surface area contributed by atoms with Gasteiger partial charge in [-0.3, -0.25) is 0 Å². The fourth-order valence-electron chi connectivity index (χ4n) is 2.68. The first-order chi connectivity index (χ1) is 8.87. The van der Waals surface area contributed by atoms with Crippen LogP contribution in [0.2, 0.25) is 0 Å². The molecule has 3 nitrogen and oxygen atoms in total. The van der Waals surface area contributed by atoms with Gasteiger partial charge < -0.3 is 14.8 Å². The van der Waals surface area contributed by atoms with E-state index < -0.39 is 0 Å². The van der Waals surface area contributed by atoms with Crippen LogP contribution in [0.4, 0.5) is 0 Å². The average molecular weight is 265 g/mol. The van der Waals surface area contributed by atoms with E-state index >= 15 is 0 Å². The maximum atomic E-state index is 5.89. The minimum Gasteiger partial charge on any atom is -0.496 e. The highest BCUT2D eigenvalue weighted by Gasteiger charge is 2.31. The zero-order valence-electron chi connectivity index (χ0n) is 13.3. The summed E-state index contributed by atoms with van der Waals surface area (Å²) < 4.78 is 11.3. The monoisotopic (exact) mass is 265 g/mol. The van der Waals surface area contributed by atoms with Crippen molar-refractivity contribution in [3.8, 4) is 5.75 Å². The van der Waals surface area contributed by atoms with Crippen LogP contribution in [0, 0.1) is 13.8 Å². The van der Waals surface area contributed by atoms with Crippen molar-refractivity contribution in [2.75, 3.05) is 20.8 Å². The first-order valence-corrected chi connectivity index (χ1v) is 6.83. The Balaban J connectivity index is 3.22. The topological polar surface area (TPSA) is 30.5 Å². The van der Waals surface area contributed by atoms with E-state index in [9.17, 15) is 0 Å². The third-order valence-corrected chi connectivity index (χ3v) is 3.59. The number of aryl methyl sites for hydroxylation is 2. The van der Waals surface area contributed by atoms with Crippen molar-refractivity contribution in [2.24, 2.45) is 0 Å². The van der Waals surface area contributed by atoms with Gasteiger partial charge in [0.2, 0.25) is 0 Å². The molecule has 0 spiro atoms. The second-order valence-electron chi connectivity index (χ2n) is 5.44.